The minimum absolute atomic E-state index is 0.107. The van der Waals surface area contributed by atoms with Gasteiger partial charge < -0.3 is 10.6 Å². The van der Waals surface area contributed by atoms with Gasteiger partial charge in [-0.25, -0.2) is 0 Å². The van der Waals surface area contributed by atoms with Crippen molar-refractivity contribution in [3.05, 3.63) is 101 Å². The quantitative estimate of drug-likeness (QED) is 0.606. The third kappa shape index (κ3) is 5.65. The summed E-state index contributed by atoms with van der Waals surface area (Å²) in [6, 6.07) is 19.3. The fraction of sp³-hybridized carbons (Fsp3) is 0.174. The molecule has 0 fully saturated rings. The Bertz CT molecular complexity index is 964. The molecule has 0 aliphatic rings. The molecule has 0 bridgehead atoms. The van der Waals surface area contributed by atoms with Gasteiger partial charge in [0.15, 0.2) is 0 Å². The summed E-state index contributed by atoms with van der Waals surface area (Å²) in [6.45, 7) is 1.91. The Kier molecular flexibility index (Phi) is 6.98. The number of carbonyl (C=O) groups is 2. The van der Waals surface area contributed by atoms with Gasteiger partial charge in [-0.1, -0.05) is 54.1 Å². The molecule has 5 nitrogen and oxygen atoms in total. The maximum absolute atomic E-state index is 12.7. The zero-order chi connectivity index (χ0) is 20.6. The number of pyridine rings is 1. The zero-order valence-electron chi connectivity index (χ0n) is 16.0. The number of amides is 2. The second-order valence-electron chi connectivity index (χ2n) is 6.69. The van der Waals surface area contributed by atoms with E-state index in [9.17, 15) is 9.59 Å². The Balaban J connectivity index is 1.73. The van der Waals surface area contributed by atoms with Crippen LogP contribution in [0, 0.1) is 0 Å². The smallest absolute Gasteiger partial charge is 0.253 e. The molecular formula is C23H22ClN3O2. The summed E-state index contributed by atoms with van der Waals surface area (Å²) in [5.41, 5.74) is 2.19. The lowest BCUT2D eigenvalue weighted by Gasteiger charge is -2.21. The number of rotatable bonds is 7. The number of benzene rings is 2. The van der Waals surface area contributed by atoms with E-state index < -0.39 is 6.04 Å². The van der Waals surface area contributed by atoms with Crippen LogP contribution in [0.2, 0.25) is 5.02 Å². The number of hydrogen-bond acceptors (Lipinski definition) is 3. The molecule has 0 spiro atoms. The zero-order valence-corrected chi connectivity index (χ0v) is 16.8. The molecule has 2 amide bonds. The van der Waals surface area contributed by atoms with Gasteiger partial charge in [0, 0.05) is 12.4 Å². The summed E-state index contributed by atoms with van der Waals surface area (Å²) in [5.74, 6) is -0.484. The molecule has 2 aromatic carbocycles. The highest BCUT2D eigenvalue weighted by Crippen LogP contribution is 2.21. The van der Waals surface area contributed by atoms with Gasteiger partial charge in [-0.3, -0.25) is 14.6 Å². The average Bonchev–Trinajstić information content (AvgIpc) is 2.74. The fourth-order valence-electron chi connectivity index (χ4n) is 3.04. The van der Waals surface area contributed by atoms with Crippen LogP contribution in [0.5, 0.6) is 0 Å². The Morgan fingerprint density at radius 3 is 2.24 bits per heavy atom. The second-order valence-corrected chi connectivity index (χ2v) is 7.10. The topological polar surface area (TPSA) is 71.1 Å². The number of aromatic nitrogens is 1. The van der Waals surface area contributed by atoms with Crippen molar-refractivity contribution in [2.45, 2.75) is 25.4 Å². The van der Waals surface area contributed by atoms with Crippen molar-refractivity contribution in [1.29, 1.82) is 0 Å². The number of nitrogens with zero attached hydrogens (tertiary/aromatic N) is 1. The Morgan fingerprint density at radius 2 is 1.55 bits per heavy atom. The lowest BCUT2D eigenvalue weighted by Crippen LogP contribution is -2.34. The standard InChI is InChI=1S/C23H22ClN3O2/c1-16(17-11-13-25-14-12-17)26-22(28)15-21(18-7-3-2-4-8-18)27-23(29)19-9-5-6-10-20(19)24/h2-14,16,21H,15H2,1H3,(H,26,28)(H,27,29). The van der Waals surface area contributed by atoms with Gasteiger partial charge in [-0.05, 0) is 42.3 Å². The first-order valence-electron chi connectivity index (χ1n) is 9.34. The summed E-state index contributed by atoms with van der Waals surface area (Å²) in [7, 11) is 0. The molecule has 2 atom stereocenters. The molecule has 29 heavy (non-hydrogen) atoms. The SMILES string of the molecule is CC(NC(=O)CC(NC(=O)c1ccccc1Cl)c1ccccc1)c1ccncc1. The minimum atomic E-state index is -0.482. The van der Waals surface area contributed by atoms with Crippen molar-refractivity contribution in [3.63, 3.8) is 0 Å². The van der Waals surface area contributed by atoms with Crippen molar-refractivity contribution >= 4 is 23.4 Å². The Morgan fingerprint density at radius 1 is 0.897 bits per heavy atom. The molecule has 0 radical (unpaired) electrons. The summed E-state index contributed by atoms with van der Waals surface area (Å²) in [4.78, 5) is 29.4. The van der Waals surface area contributed by atoms with E-state index in [1.54, 1.807) is 36.7 Å². The van der Waals surface area contributed by atoms with E-state index in [0.717, 1.165) is 11.1 Å². The van der Waals surface area contributed by atoms with Gasteiger partial charge in [-0.15, -0.1) is 0 Å². The molecule has 0 saturated heterocycles. The van der Waals surface area contributed by atoms with Gasteiger partial charge in [-0.2, -0.15) is 0 Å². The van der Waals surface area contributed by atoms with E-state index in [1.807, 2.05) is 49.4 Å². The molecule has 148 valence electrons. The third-order valence-electron chi connectivity index (χ3n) is 4.60. The van der Waals surface area contributed by atoms with Crippen LogP contribution in [0.4, 0.5) is 0 Å². The molecule has 2 N–H and O–H groups in total. The molecule has 3 rings (SSSR count). The van der Waals surface area contributed by atoms with E-state index in [1.165, 1.54) is 0 Å². The maximum Gasteiger partial charge on any atom is 0.253 e. The van der Waals surface area contributed by atoms with Crippen molar-refractivity contribution in [2.75, 3.05) is 0 Å². The van der Waals surface area contributed by atoms with Crippen LogP contribution in [0.15, 0.2) is 79.1 Å². The van der Waals surface area contributed by atoms with Crippen molar-refractivity contribution in [2.24, 2.45) is 0 Å². The van der Waals surface area contributed by atoms with Gasteiger partial charge >= 0.3 is 0 Å². The maximum atomic E-state index is 12.7. The lowest BCUT2D eigenvalue weighted by molar-refractivity contribution is -0.122. The normalized spacial score (nSPS) is 12.6. The second kappa shape index (κ2) is 9.85. The van der Waals surface area contributed by atoms with Gasteiger partial charge in [0.2, 0.25) is 5.91 Å². The van der Waals surface area contributed by atoms with Gasteiger partial charge in [0.1, 0.15) is 0 Å². The predicted octanol–water partition coefficient (Wildman–Crippen LogP) is 4.47. The van der Waals surface area contributed by atoms with Crippen molar-refractivity contribution in [3.8, 4) is 0 Å². The first-order chi connectivity index (χ1) is 14.0. The largest absolute Gasteiger partial charge is 0.350 e. The Hall–Kier alpha value is -3.18. The molecule has 1 heterocycles. The lowest BCUT2D eigenvalue weighted by atomic mass is 10.0. The van der Waals surface area contributed by atoms with E-state index in [0.29, 0.717) is 10.6 Å². The minimum Gasteiger partial charge on any atom is -0.350 e. The van der Waals surface area contributed by atoms with Crippen LogP contribution in [-0.2, 0) is 4.79 Å². The van der Waals surface area contributed by atoms with Crippen molar-refractivity contribution in [1.82, 2.24) is 15.6 Å². The molecule has 2 unspecified atom stereocenters. The first kappa shape index (κ1) is 20.6. The fourth-order valence-corrected chi connectivity index (χ4v) is 3.26. The summed E-state index contributed by atoms with van der Waals surface area (Å²) < 4.78 is 0. The van der Waals surface area contributed by atoms with E-state index >= 15 is 0 Å². The van der Waals surface area contributed by atoms with E-state index in [2.05, 4.69) is 15.6 Å². The van der Waals surface area contributed by atoms with Gasteiger partial charge in [0.25, 0.3) is 5.91 Å². The van der Waals surface area contributed by atoms with Crippen LogP contribution in [0.3, 0.4) is 0 Å². The van der Waals surface area contributed by atoms with E-state index in [-0.39, 0.29) is 24.3 Å². The number of carbonyl (C=O) groups excluding carboxylic acids is 2. The summed E-state index contributed by atoms with van der Waals surface area (Å²) in [5, 5.41) is 6.28. The monoisotopic (exact) mass is 407 g/mol. The highest BCUT2D eigenvalue weighted by molar-refractivity contribution is 6.33. The van der Waals surface area contributed by atoms with Crippen LogP contribution in [0.1, 0.15) is 46.9 Å². The number of halogens is 1. The van der Waals surface area contributed by atoms with Crippen LogP contribution < -0.4 is 10.6 Å². The Labute approximate surface area is 175 Å². The van der Waals surface area contributed by atoms with Crippen molar-refractivity contribution < 1.29 is 9.59 Å². The predicted molar refractivity (Wildman–Crippen MR) is 114 cm³/mol. The summed E-state index contributed by atoms with van der Waals surface area (Å²) in [6.07, 6.45) is 3.48. The molecule has 3 aromatic rings. The molecule has 1 aromatic heterocycles. The van der Waals surface area contributed by atoms with Crippen LogP contribution >= 0.6 is 11.6 Å². The molecular weight excluding hydrogens is 386 g/mol. The van der Waals surface area contributed by atoms with Gasteiger partial charge in [0.05, 0.1) is 29.1 Å². The average molecular weight is 408 g/mol. The van der Waals surface area contributed by atoms with Crippen LogP contribution in [0.25, 0.3) is 0 Å². The highest BCUT2D eigenvalue weighted by atomic mass is 35.5. The number of hydrogen-bond donors (Lipinski definition) is 2. The van der Waals surface area contributed by atoms with Crippen LogP contribution in [-0.4, -0.2) is 16.8 Å². The molecule has 0 aliphatic carbocycles. The molecule has 6 heteroatoms. The highest BCUT2D eigenvalue weighted by Gasteiger charge is 2.21. The third-order valence-corrected chi connectivity index (χ3v) is 4.93. The molecule has 0 aliphatic heterocycles. The van der Waals surface area contributed by atoms with E-state index in [4.69, 9.17) is 11.6 Å². The first-order valence-corrected chi connectivity index (χ1v) is 9.72. The summed E-state index contributed by atoms with van der Waals surface area (Å²) >= 11 is 6.15. The number of nitrogens with one attached hydrogen (secondary N) is 2. The molecule has 0 saturated carbocycles.